The van der Waals surface area contributed by atoms with Crippen molar-refractivity contribution in [2.45, 2.75) is 24.4 Å². The first kappa shape index (κ1) is 26.0. The van der Waals surface area contributed by atoms with E-state index in [1.54, 1.807) is 48.9 Å². The van der Waals surface area contributed by atoms with Crippen molar-refractivity contribution in [1.29, 1.82) is 0 Å². The zero-order chi connectivity index (χ0) is 26.5. The lowest BCUT2D eigenvalue weighted by Crippen LogP contribution is -2.40. The molecule has 0 aliphatic carbocycles. The van der Waals surface area contributed by atoms with E-state index < -0.39 is 14.9 Å². The summed E-state index contributed by atoms with van der Waals surface area (Å²) in [6.45, 7) is 2.90. The monoisotopic (exact) mass is 554 g/mol. The molecule has 0 unspecified atom stereocenters. The van der Waals surface area contributed by atoms with Gasteiger partial charge in [-0.3, -0.25) is 10.1 Å². The van der Waals surface area contributed by atoms with E-state index >= 15 is 0 Å². The van der Waals surface area contributed by atoms with Gasteiger partial charge in [0, 0.05) is 56.1 Å². The van der Waals surface area contributed by atoms with Crippen LogP contribution in [0.1, 0.15) is 6.42 Å². The molecule has 0 saturated carbocycles. The summed E-state index contributed by atoms with van der Waals surface area (Å²) in [5.74, 6) is 0. The SMILES string of the molecule is O=[N+]([O-])c1ccc(-c2csc(=Nc3ccc(S(=O)(=O)N4CCOCC4)cc3)n2CCCn2ccnc2)cc1. The van der Waals surface area contributed by atoms with Crippen LogP contribution in [-0.4, -0.2) is 58.1 Å². The molecule has 38 heavy (non-hydrogen) atoms. The van der Waals surface area contributed by atoms with Crippen LogP contribution in [0.4, 0.5) is 11.4 Å². The van der Waals surface area contributed by atoms with E-state index in [0.717, 1.165) is 29.0 Å². The molecule has 4 aromatic rings. The van der Waals surface area contributed by atoms with Crippen molar-refractivity contribution in [1.82, 2.24) is 18.4 Å². The number of morpholine rings is 1. The average molecular weight is 555 g/mol. The maximum Gasteiger partial charge on any atom is 0.269 e. The molecule has 198 valence electrons. The van der Waals surface area contributed by atoms with Crippen LogP contribution >= 0.6 is 11.3 Å². The van der Waals surface area contributed by atoms with Crippen molar-refractivity contribution in [3.63, 3.8) is 0 Å². The van der Waals surface area contributed by atoms with Crippen molar-refractivity contribution in [3.8, 4) is 11.3 Å². The number of aromatic nitrogens is 3. The van der Waals surface area contributed by atoms with E-state index in [0.29, 0.717) is 38.5 Å². The molecule has 13 heteroatoms. The maximum absolute atomic E-state index is 12.9. The van der Waals surface area contributed by atoms with Crippen molar-refractivity contribution < 1.29 is 18.1 Å². The van der Waals surface area contributed by atoms with E-state index in [-0.39, 0.29) is 10.6 Å². The molecular formula is C25H26N6O5S2. The van der Waals surface area contributed by atoms with Crippen LogP contribution in [0.25, 0.3) is 11.3 Å². The Hall–Kier alpha value is -3.65. The van der Waals surface area contributed by atoms with Crippen LogP contribution in [0.5, 0.6) is 0 Å². The summed E-state index contributed by atoms with van der Waals surface area (Å²) >= 11 is 1.46. The predicted molar refractivity (Wildman–Crippen MR) is 142 cm³/mol. The normalized spacial score (nSPS) is 15.1. The van der Waals surface area contributed by atoms with Gasteiger partial charge in [0.25, 0.3) is 5.69 Å². The lowest BCUT2D eigenvalue weighted by atomic mass is 10.1. The zero-order valence-corrected chi connectivity index (χ0v) is 22.1. The molecule has 1 fully saturated rings. The number of ether oxygens (including phenoxy) is 1. The molecular weight excluding hydrogens is 528 g/mol. The molecule has 1 saturated heterocycles. The van der Waals surface area contributed by atoms with Crippen LogP contribution in [0, 0.1) is 10.1 Å². The Kier molecular flexibility index (Phi) is 7.79. The van der Waals surface area contributed by atoms with E-state index in [2.05, 4.69) is 9.55 Å². The maximum atomic E-state index is 12.9. The van der Waals surface area contributed by atoms with Gasteiger partial charge in [0.2, 0.25) is 10.0 Å². The molecule has 1 aliphatic heterocycles. The highest BCUT2D eigenvalue weighted by molar-refractivity contribution is 7.89. The van der Waals surface area contributed by atoms with Gasteiger partial charge in [0.15, 0.2) is 4.80 Å². The molecule has 0 radical (unpaired) electrons. The minimum Gasteiger partial charge on any atom is -0.379 e. The molecule has 0 spiro atoms. The summed E-state index contributed by atoms with van der Waals surface area (Å²) in [4.78, 5) is 20.5. The van der Waals surface area contributed by atoms with E-state index in [1.165, 1.54) is 27.8 Å². The smallest absolute Gasteiger partial charge is 0.269 e. The Morgan fingerprint density at radius 1 is 1.05 bits per heavy atom. The topological polar surface area (TPSA) is 125 Å². The van der Waals surface area contributed by atoms with Crippen LogP contribution < -0.4 is 4.80 Å². The van der Waals surface area contributed by atoms with Crippen molar-refractivity contribution >= 4 is 32.7 Å². The highest BCUT2D eigenvalue weighted by Crippen LogP contribution is 2.25. The van der Waals surface area contributed by atoms with Gasteiger partial charge in [-0.15, -0.1) is 11.3 Å². The highest BCUT2D eigenvalue weighted by atomic mass is 32.2. The second kappa shape index (κ2) is 11.4. The first-order valence-electron chi connectivity index (χ1n) is 12.0. The largest absolute Gasteiger partial charge is 0.379 e. The van der Waals surface area contributed by atoms with Crippen molar-refractivity contribution in [2.24, 2.45) is 4.99 Å². The molecule has 0 atom stereocenters. The Morgan fingerprint density at radius 2 is 1.79 bits per heavy atom. The van der Waals surface area contributed by atoms with Gasteiger partial charge < -0.3 is 13.9 Å². The van der Waals surface area contributed by atoms with Crippen LogP contribution in [0.2, 0.25) is 0 Å². The molecule has 2 aromatic carbocycles. The summed E-state index contributed by atoms with van der Waals surface area (Å²) in [6.07, 6.45) is 6.24. The number of sulfonamides is 1. The quantitative estimate of drug-likeness (QED) is 0.230. The van der Waals surface area contributed by atoms with Gasteiger partial charge in [-0.05, 0) is 48.4 Å². The molecule has 3 heterocycles. The van der Waals surface area contributed by atoms with Gasteiger partial charge in [0.05, 0.1) is 40.7 Å². The number of nitro groups is 1. The number of thiazole rings is 1. The number of rotatable bonds is 9. The molecule has 0 amide bonds. The minimum absolute atomic E-state index is 0.0349. The minimum atomic E-state index is -3.58. The van der Waals surface area contributed by atoms with Crippen molar-refractivity contribution in [2.75, 3.05) is 26.3 Å². The number of benzene rings is 2. The number of non-ortho nitro benzene ring substituents is 1. The number of imidazole rings is 1. The number of nitrogens with zero attached hydrogens (tertiary/aromatic N) is 6. The zero-order valence-electron chi connectivity index (χ0n) is 20.4. The average Bonchev–Trinajstić information content (AvgIpc) is 3.60. The molecule has 1 aliphatic rings. The molecule has 0 bridgehead atoms. The van der Waals surface area contributed by atoms with Gasteiger partial charge in [-0.25, -0.2) is 18.4 Å². The standard InChI is InChI=1S/C25H26N6O5S2/c32-31(33)22-6-2-20(3-7-22)24-18-37-25(30(24)12-1-11-28-13-10-26-19-28)27-21-4-8-23(9-5-21)38(34,35)29-14-16-36-17-15-29/h2-10,13,18-19H,1,11-12,14-17H2. The van der Waals surface area contributed by atoms with E-state index in [9.17, 15) is 18.5 Å². The lowest BCUT2D eigenvalue weighted by Gasteiger charge is -2.26. The Bertz CT molecular complexity index is 1550. The fraction of sp³-hybridized carbons (Fsp3) is 0.280. The van der Waals surface area contributed by atoms with Crippen LogP contribution in [0.3, 0.4) is 0 Å². The van der Waals surface area contributed by atoms with Gasteiger partial charge in [-0.2, -0.15) is 4.31 Å². The van der Waals surface area contributed by atoms with Crippen LogP contribution in [0.15, 0.2) is 82.5 Å². The van der Waals surface area contributed by atoms with Crippen molar-refractivity contribution in [3.05, 3.63) is 87.5 Å². The number of aryl methyl sites for hydroxylation is 1. The van der Waals surface area contributed by atoms with E-state index in [1.807, 2.05) is 16.1 Å². The molecule has 0 N–H and O–H groups in total. The van der Waals surface area contributed by atoms with Gasteiger partial charge >= 0.3 is 0 Å². The summed E-state index contributed by atoms with van der Waals surface area (Å²) in [7, 11) is -3.58. The van der Waals surface area contributed by atoms with E-state index in [4.69, 9.17) is 9.73 Å². The molecule has 5 rings (SSSR count). The van der Waals surface area contributed by atoms with Crippen LogP contribution in [-0.2, 0) is 27.8 Å². The Morgan fingerprint density at radius 3 is 2.45 bits per heavy atom. The second-order valence-electron chi connectivity index (χ2n) is 8.64. The fourth-order valence-corrected chi connectivity index (χ4v) is 6.55. The Labute approximate surface area is 223 Å². The third kappa shape index (κ3) is 5.75. The first-order valence-corrected chi connectivity index (χ1v) is 14.4. The number of hydrogen-bond acceptors (Lipinski definition) is 8. The molecule has 11 nitrogen and oxygen atoms in total. The second-order valence-corrected chi connectivity index (χ2v) is 11.4. The highest BCUT2D eigenvalue weighted by Gasteiger charge is 2.26. The first-order chi connectivity index (χ1) is 18.4. The van der Waals surface area contributed by atoms with Gasteiger partial charge in [0.1, 0.15) is 0 Å². The molecule has 2 aromatic heterocycles. The third-order valence-corrected chi connectivity index (χ3v) is 8.97. The van der Waals surface area contributed by atoms with Gasteiger partial charge in [-0.1, -0.05) is 0 Å². The predicted octanol–water partition coefficient (Wildman–Crippen LogP) is 3.66. The Balaban J connectivity index is 1.44. The summed E-state index contributed by atoms with van der Waals surface area (Å²) < 4.78 is 36.7. The third-order valence-electron chi connectivity index (χ3n) is 6.20. The number of nitro benzene ring substituents is 1. The number of hydrogen-bond donors (Lipinski definition) is 0. The fourth-order valence-electron chi connectivity index (χ4n) is 4.19. The summed E-state index contributed by atoms with van der Waals surface area (Å²) in [5.41, 5.74) is 2.42. The lowest BCUT2D eigenvalue weighted by molar-refractivity contribution is -0.384. The summed E-state index contributed by atoms with van der Waals surface area (Å²) in [5, 5.41) is 13.1. The summed E-state index contributed by atoms with van der Waals surface area (Å²) in [6, 6.07) is 13.0.